The normalized spacial score (nSPS) is 15.5. The van der Waals surface area contributed by atoms with Crippen LogP contribution in [0.5, 0.6) is 0 Å². The highest BCUT2D eigenvalue weighted by Crippen LogP contribution is 2.29. The van der Waals surface area contributed by atoms with E-state index in [0.717, 1.165) is 12.3 Å². The van der Waals surface area contributed by atoms with Crippen molar-refractivity contribution in [1.82, 2.24) is 9.97 Å². The Morgan fingerprint density at radius 2 is 2.10 bits per heavy atom. The number of rotatable bonds is 6. The van der Waals surface area contributed by atoms with E-state index in [4.69, 9.17) is 11.6 Å². The number of hydrogen-bond acceptors (Lipinski definition) is 5. The van der Waals surface area contributed by atoms with Gasteiger partial charge < -0.3 is 5.32 Å². The Labute approximate surface area is 123 Å². The topological polar surface area (TPSA) is 81.0 Å². The van der Waals surface area contributed by atoms with E-state index >= 15 is 0 Å². The molecule has 1 aromatic heterocycles. The fraction of sp³-hybridized carbons (Fsp3) is 0.692. The zero-order chi connectivity index (χ0) is 14.5. The van der Waals surface area contributed by atoms with Gasteiger partial charge in [0.25, 0.3) is 0 Å². The highest BCUT2D eigenvalue weighted by Gasteiger charge is 2.21. The van der Waals surface area contributed by atoms with E-state index in [-0.39, 0.29) is 22.5 Å². The Hall–Kier alpha value is -1.43. The lowest BCUT2D eigenvalue weighted by molar-refractivity contribution is -0.385. The van der Waals surface area contributed by atoms with Crippen LogP contribution in [0.2, 0.25) is 5.28 Å². The predicted octanol–water partition coefficient (Wildman–Crippen LogP) is 3.73. The summed E-state index contributed by atoms with van der Waals surface area (Å²) >= 11 is 5.76. The first-order chi connectivity index (χ1) is 9.58. The predicted molar refractivity (Wildman–Crippen MR) is 78.1 cm³/mol. The summed E-state index contributed by atoms with van der Waals surface area (Å²) < 4.78 is 0. The number of nitrogens with zero attached hydrogens (tertiary/aromatic N) is 3. The minimum Gasteiger partial charge on any atom is -0.364 e. The van der Waals surface area contributed by atoms with Crippen LogP contribution in [-0.2, 0) is 0 Å². The molecule has 0 spiro atoms. The minimum atomic E-state index is -0.467. The molecular formula is C13H19ClN4O2. The van der Waals surface area contributed by atoms with E-state index in [1.54, 1.807) is 6.92 Å². The highest BCUT2D eigenvalue weighted by molar-refractivity contribution is 6.28. The van der Waals surface area contributed by atoms with E-state index in [1.165, 1.54) is 32.1 Å². The van der Waals surface area contributed by atoms with Crippen LogP contribution >= 0.6 is 11.6 Å². The molecule has 0 saturated heterocycles. The third-order valence-corrected chi connectivity index (χ3v) is 3.94. The van der Waals surface area contributed by atoms with Gasteiger partial charge in [0.1, 0.15) is 5.69 Å². The quantitative estimate of drug-likeness (QED) is 0.374. The Morgan fingerprint density at radius 1 is 1.40 bits per heavy atom. The van der Waals surface area contributed by atoms with Crippen LogP contribution in [0.3, 0.4) is 0 Å². The number of halogens is 1. The molecule has 7 heteroatoms. The average Bonchev–Trinajstić information content (AvgIpc) is 2.86. The van der Waals surface area contributed by atoms with Crippen LogP contribution in [0, 0.1) is 23.0 Å². The van der Waals surface area contributed by atoms with Crippen molar-refractivity contribution >= 4 is 23.1 Å². The van der Waals surface area contributed by atoms with Gasteiger partial charge in [0.15, 0.2) is 0 Å². The number of aromatic nitrogens is 2. The maximum atomic E-state index is 11.0. The van der Waals surface area contributed by atoms with Gasteiger partial charge in [-0.25, -0.2) is 4.98 Å². The lowest BCUT2D eigenvalue weighted by Crippen LogP contribution is -2.09. The molecule has 1 fully saturated rings. The van der Waals surface area contributed by atoms with Crippen LogP contribution in [0.25, 0.3) is 0 Å². The van der Waals surface area contributed by atoms with Crippen LogP contribution < -0.4 is 5.32 Å². The van der Waals surface area contributed by atoms with Crippen molar-refractivity contribution in [3.05, 3.63) is 21.1 Å². The van der Waals surface area contributed by atoms with E-state index in [0.29, 0.717) is 6.54 Å². The molecule has 1 saturated carbocycles. The van der Waals surface area contributed by atoms with E-state index in [1.807, 2.05) is 0 Å². The Morgan fingerprint density at radius 3 is 2.75 bits per heavy atom. The van der Waals surface area contributed by atoms with Crippen molar-refractivity contribution in [1.29, 1.82) is 0 Å². The molecule has 0 radical (unpaired) electrons. The lowest BCUT2D eigenvalue weighted by atomic mass is 10.0. The van der Waals surface area contributed by atoms with Crippen molar-refractivity contribution in [2.75, 3.05) is 11.9 Å². The summed E-state index contributed by atoms with van der Waals surface area (Å²) in [7, 11) is 0. The van der Waals surface area contributed by atoms with Crippen molar-refractivity contribution in [2.45, 2.75) is 45.4 Å². The lowest BCUT2D eigenvalue weighted by Gasteiger charge is -2.10. The standard InChI is InChI=1S/C13H19ClN4O2/c1-9-11(18(19)20)12(17-13(14)16-9)15-8-4-7-10-5-2-3-6-10/h10H,2-8H2,1H3,(H,15,16,17). The van der Waals surface area contributed by atoms with Gasteiger partial charge in [-0.05, 0) is 37.3 Å². The van der Waals surface area contributed by atoms with Crippen molar-refractivity contribution < 1.29 is 4.92 Å². The minimum absolute atomic E-state index is 0.0337. The maximum absolute atomic E-state index is 11.0. The SMILES string of the molecule is Cc1nc(Cl)nc(NCCCC2CCCC2)c1[N+](=O)[O-]. The second-order valence-corrected chi connectivity index (χ2v) is 5.59. The summed E-state index contributed by atoms with van der Waals surface area (Å²) in [6, 6.07) is 0. The zero-order valence-electron chi connectivity index (χ0n) is 11.6. The zero-order valence-corrected chi connectivity index (χ0v) is 12.3. The molecule has 0 aromatic carbocycles. The van der Waals surface area contributed by atoms with Crippen molar-refractivity contribution in [3.63, 3.8) is 0 Å². The molecule has 6 nitrogen and oxygen atoms in total. The number of nitro groups is 1. The Bertz CT molecular complexity index is 490. The van der Waals surface area contributed by atoms with Crippen LogP contribution in [0.4, 0.5) is 11.5 Å². The van der Waals surface area contributed by atoms with Gasteiger partial charge >= 0.3 is 5.69 Å². The molecule has 110 valence electrons. The smallest absolute Gasteiger partial charge is 0.332 e. The summed E-state index contributed by atoms with van der Waals surface area (Å²) in [4.78, 5) is 18.3. The monoisotopic (exact) mass is 298 g/mol. The third-order valence-electron chi connectivity index (χ3n) is 3.77. The Kier molecular flexibility index (Phi) is 5.11. The van der Waals surface area contributed by atoms with Gasteiger partial charge in [-0.15, -0.1) is 0 Å². The first-order valence-electron chi connectivity index (χ1n) is 7.00. The first kappa shape index (κ1) is 15.0. The van der Waals surface area contributed by atoms with Crippen LogP contribution in [0.15, 0.2) is 0 Å². The van der Waals surface area contributed by atoms with Gasteiger partial charge in [-0.3, -0.25) is 10.1 Å². The summed E-state index contributed by atoms with van der Waals surface area (Å²) in [6.45, 7) is 2.24. The molecule has 1 heterocycles. The van der Waals surface area contributed by atoms with Gasteiger partial charge in [0.05, 0.1) is 4.92 Å². The van der Waals surface area contributed by atoms with Crippen LogP contribution in [0.1, 0.15) is 44.2 Å². The Balaban J connectivity index is 1.92. The summed E-state index contributed by atoms with van der Waals surface area (Å²) in [5.41, 5.74) is 0.198. The molecule has 1 aliphatic rings. The van der Waals surface area contributed by atoms with Crippen molar-refractivity contribution in [3.8, 4) is 0 Å². The number of anilines is 1. The fourth-order valence-electron chi connectivity index (χ4n) is 2.77. The number of hydrogen-bond donors (Lipinski definition) is 1. The van der Waals surface area contributed by atoms with E-state index < -0.39 is 4.92 Å². The third kappa shape index (κ3) is 3.79. The molecule has 0 bridgehead atoms. The second kappa shape index (κ2) is 6.83. The summed E-state index contributed by atoms with van der Waals surface area (Å²) in [5.74, 6) is 1.04. The molecule has 0 unspecified atom stereocenters. The van der Waals surface area contributed by atoms with Crippen molar-refractivity contribution in [2.24, 2.45) is 5.92 Å². The molecular weight excluding hydrogens is 280 g/mol. The summed E-state index contributed by atoms with van der Waals surface area (Å²) in [5, 5.41) is 14.1. The number of aryl methyl sites for hydroxylation is 1. The fourth-order valence-corrected chi connectivity index (χ4v) is 2.98. The van der Waals surface area contributed by atoms with E-state index in [9.17, 15) is 10.1 Å². The number of nitrogens with one attached hydrogen (secondary N) is 1. The highest BCUT2D eigenvalue weighted by atomic mass is 35.5. The molecule has 1 aliphatic carbocycles. The molecule has 20 heavy (non-hydrogen) atoms. The first-order valence-corrected chi connectivity index (χ1v) is 7.38. The molecule has 1 N–H and O–H groups in total. The molecule has 0 amide bonds. The largest absolute Gasteiger partial charge is 0.364 e. The second-order valence-electron chi connectivity index (χ2n) is 5.25. The average molecular weight is 299 g/mol. The molecule has 2 rings (SSSR count). The summed E-state index contributed by atoms with van der Waals surface area (Å²) in [6.07, 6.45) is 7.47. The molecule has 0 aliphatic heterocycles. The van der Waals surface area contributed by atoms with Gasteiger partial charge in [0.2, 0.25) is 11.1 Å². The van der Waals surface area contributed by atoms with Gasteiger partial charge in [-0.1, -0.05) is 25.7 Å². The van der Waals surface area contributed by atoms with Gasteiger partial charge in [0, 0.05) is 6.54 Å². The maximum Gasteiger partial charge on any atom is 0.332 e. The van der Waals surface area contributed by atoms with Crippen LogP contribution in [-0.4, -0.2) is 21.4 Å². The molecule has 0 atom stereocenters. The molecule has 1 aromatic rings. The van der Waals surface area contributed by atoms with E-state index in [2.05, 4.69) is 15.3 Å². The van der Waals surface area contributed by atoms with Gasteiger partial charge in [-0.2, -0.15) is 4.98 Å².